The van der Waals surface area contributed by atoms with Gasteiger partial charge in [0.25, 0.3) is 5.91 Å². The highest BCUT2D eigenvalue weighted by Gasteiger charge is 2.42. The number of likely N-dealkylation sites (tertiary alicyclic amines) is 1. The van der Waals surface area contributed by atoms with E-state index in [1.807, 2.05) is 19.1 Å². The molecule has 1 atom stereocenters. The first-order valence-electron chi connectivity index (χ1n) is 13.9. The number of nitrogens with two attached hydrogens (primary N) is 1. The lowest BCUT2D eigenvalue weighted by molar-refractivity contribution is -0.141. The van der Waals surface area contributed by atoms with Crippen molar-refractivity contribution in [1.82, 2.24) is 15.5 Å². The van der Waals surface area contributed by atoms with Gasteiger partial charge in [-0.1, -0.05) is 24.6 Å². The molecule has 9 heteroatoms. The first-order valence-corrected chi connectivity index (χ1v) is 13.9. The summed E-state index contributed by atoms with van der Waals surface area (Å²) in [6.45, 7) is 4.18. The van der Waals surface area contributed by atoms with Crippen LogP contribution >= 0.6 is 0 Å². The van der Waals surface area contributed by atoms with Crippen molar-refractivity contribution in [3.8, 4) is 5.75 Å². The Hall–Kier alpha value is -3.46. The van der Waals surface area contributed by atoms with Gasteiger partial charge in [0.15, 0.2) is 0 Å². The Balaban J connectivity index is 1.36. The van der Waals surface area contributed by atoms with Crippen LogP contribution in [0.1, 0.15) is 60.0 Å². The van der Waals surface area contributed by atoms with Crippen molar-refractivity contribution in [2.45, 2.75) is 57.9 Å². The zero-order chi connectivity index (χ0) is 27.8. The van der Waals surface area contributed by atoms with Gasteiger partial charge < -0.3 is 26.0 Å². The topological polar surface area (TPSA) is 114 Å². The van der Waals surface area contributed by atoms with Crippen LogP contribution in [0.3, 0.4) is 0 Å². The molecule has 0 aliphatic carbocycles. The third-order valence-corrected chi connectivity index (χ3v) is 7.79. The number of hydrogen-bond donors (Lipinski definition) is 3. The summed E-state index contributed by atoms with van der Waals surface area (Å²) in [7, 11) is 0. The van der Waals surface area contributed by atoms with E-state index in [-0.39, 0.29) is 30.0 Å². The Bertz CT molecular complexity index is 1180. The Morgan fingerprint density at radius 1 is 1.05 bits per heavy atom. The minimum atomic E-state index is -0.765. The number of piperidine rings is 1. The van der Waals surface area contributed by atoms with E-state index in [1.165, 1.54) is 12.1 Å². The van der Waals surface area contributed by atoms with Crippen molar-refractivity contribution in [2.24, 2.45) is 11.1 Å². The van der Waals surface area contributed by atoms with Crippen molar-refractivity contribution in [3.63, 3.8) is 0 Å². The minimum Gasteiger partial charge on any atom is -0.493 e. The van der Waals surface area contributed by atoms with E-state index in [9.17, 15) is 18.8 Å². The molecule has 4 N–H and O–H groups in total. The number of amides is 3. The Morgan fingerprint density at radius 3 is 2.59 bits per heavy atom. The molecule has 2 heterocycles. The second-order valence-electron chi connectivity index (χ2n) is 10.7. The Labute approximate surface area is 229 Å². The van der Waals surface area contributed by atoms with Gasteiger partial charge in [-0.05, 0) is 80.8 Å². The molecule has 1 saturated heterocycles. The minimum absolute atomic E-state index is 0.00816. The van der Waals surface area contributed by atoms with E-state index in [1.54, 1.807) is 23.1 Å². The second kappa shape index (κ2) is 13.1. The smallest absolute Gasteiger partial charge is 0.255 e. The van der Waals surface area contributed by atoms with Crippen LogP contribution in [0, 0.1) is 18.2 Å². The molecular formula is C30H39FN4O4. The quantitative estimate of drug-likeness (QED) is 0.556. The van der Waals surface area contributed by atoms with Crippen LogP contribution in [0.4, 0.5) is 4.39 Å². The molecule has 4 rings (SSSR count). The highest BCUT2D eigenvalue weighted by molar-refractivity contribution is 5.97. The number of nitrogens with one attached hydrogen (secondary N) is 2. The highest BCUT2D eigenvalue weighted by atomic mass is 19.1. The van der Waals surface area contributed by atoms with Gasteiger partial charge in [-0.15, -0.1) is 0 Å². The lowest BCUT2D eigenvalue weighted by atomic mass is 9.73. The summed E-state index contributed by atoms with van der Waals surface area (Å²) in [5.74, 6) is -0.133. The highest BCUT2D eigenvalue weighted by Crippen LogP contribution is 2.37. The first-order chi connectivity index (χ1) is 18.8. The summed E-state index contributed by atoms with van der Waals surface area (Å²) >= 11 is 0. The van der Waals surface area contributed by atoms with Crippen molar-refractivity contribution in [2.75, 3.05) is 32.8 Å². The van der Waals surface area contributed by atoms with Gasteiger partial charge in [0.05, 0.1) is 23.6 Å². The fraction of sp³-hybridized carbons (Fsp3) is 0.500. The molecule has 8 nitrogen and oxygen atoms in total. The summed E-state index contributed by atoms with van der Waals surface area (Å²) in [5.41, 5.74) is 7.83. The number of aryl methyl sites for hydroxylation is 1. The number of halogens is 1. The zero-order valence-electron chi connectivity index (χ0n) is 22.6. The van der Waals surface area contributed by atoms with Gasteiger partial charge in [0.1, 0.15) is 11.6 Å². The molecule has 3 amide bonds. The number of fused-ring (bicyclic) bond motifs is 1. The molecule has 2 aliphatic rings. The van der Waals surface area contributed by atoms with Crippen molar-refractivity contribution < 1.29 is 23.5 Å². The monoisotopic (exact) mass is 538 g/mol. The van der Waals surface area contributed by atoms with Crippen LogP contribution in [-0.4, -0.2) is 61.4 Å². The number of benzene rings is 2. The molecule has 39 heavy (non-hydrogen) atoms. The number of rotatable bonds is 3. The van der Waals surface area contributed by atoms with Crippen molar-refractivity contribution in [3.05, 3.63) is 65.0 Å². The van der Waals surface area contributed by atoms with Crippen molar-refractivity contribution >= 4 is 17.7 Å². The Morgan fingerprint density at radius 2 is 1.82 bits per heavy atom. The van der Waals surface area contributed by atoms with Crippen molar-refractivity contribution in [1.29, 1.82) is 0 Å². The summed E-state index contributed by atoms with van der Waals surface area (Å²) < 4.78 is 19.4. The molecule has 1 spiro atoms. The average Bonchev–Trinajstić information content (AvgIpc) is 2.92. The fourth-order valence-corrected chi connectivity index (χ4v) is 5.45. The third-order valence-electron chi connectivity index (χ3n) is 7.79. The van der Waals surface area contributed by atoms with E-state index in [0.717, 1.165) is 18.4 Å². The largest absolute Gasteiger partial charge is 0.493 e. The van der Waals surface area contributed by atoms with Crippen LogP contribution < -0.4 is 21.1 Å². The lowest BCUT2D eigenvalue weighted by Gasteiger charge is -2.41. The summed E-state index contributed by atoms with van der Waals surface area (Å²) in [6, 6.07) is 10.9. The summed E-state index contributed by atoms with van der Waals surface area (Å²) in [4.78, 5) is 41.0. The maximum atomic E-state index is 13.5. The molecule has 0 radical (unpaired) electrons. The maximum Gasteiger partial charge on any atom is 0.255 e. The van der Waals surface area contributed by atoms with Gasteiger partial charge in [0, 0.05) is 26.2 Å². The predicted molar refractivity (Wildman–Crippen MR) is 147 cm³/mol. The van der Waals surface area contributed by atoms with Crippen LogP contribution in [-0.2, 0) is 16.0 Å². The molecule has 1 fully saturated rings. The number of carbonyl (C=O) groups excluding carboxylic acids is 3. The normalized spacial score (nSPS) is 19.5. The molecular weight excluding hydrogens is 499 g/mol. The van der Waals surface area contributed by atoms with E-state index in [0.29, 0.717) is 75.3 Å². The van der Waals surface area contributed by atoms with E-state index in [2.05, 4.69) is 10.6 Å². The van der Waals surface area contributed by atoms with E-state index in [4.69, 9.17) is 10.5 Å². The average molecular weight is 539 g/mol. The van der Waals surface area contributed by atoms with Gasteiger partial charge in [-0.3, -0.25) is 14.4 Å². The standard InChI is InChI=1S/C30H39FN4O4/c1-21-8-9-24-26(18-21)39-17-5-14-34-29(38)30(10-2-3-13-33-27(24)36)11-15-35(16-12-30)28(37)25(32)20-22-6-4-7-23(31)19-22/h4,6-9,18-19,25H,2-3,5,10-17,20,32H2,1H3,(H,33,36)(H,34,38)/t25-/m1/s1. The molecule has 0 bridgehead atoms. The third kappa shape index (κ3) is 7.35. The fourth-order valence-electron chi connectivity index (χ4n) is 5.45. The van der Waals surface area contributed by atoms with Gasteiger partial charge in [0.2, 0.25) is 11.8 Å². The number of ether oxygens (including phenoxy) is 1. The SMILES string of the molecule is Cc1ccc2c(c1)OCCCNC(=O)C1(CCCCNC2=O)CCN(C(=O)[C@H](N)Cc2cccc(F)c2)CC1. The maximum absolute atomic E-state index is 13.5. The van der Waals surface area contributed by atoms with Gasteiger partial charge in [-0.2, -0.15) is 0 Å². The van der Waals surface area contributed by atoms with E-state index >= 15 is 0 Å². The number of carbonyl (C=O) groups is 3. The second-order valence-corrected chi connectivity index (χ2v) is 10.7. The summed E-state index contributed by atoms with van der Waals surface area (Å²) in [5, 5.41) is 6.07. The molecule has 0 unspecified atom stereocenters. The molecule has 0 aromatic heterocycles. The Kier molecular flexibility index (Phi) is 9.56. The molecule has 2 aromatic carbocycles. The van der Waals surface area contributed by atoms with Gasteiger partial charge in [-0.25, -0.2) is 4.39 Å². The van der Waals surface area contributed by atoms with Crippen LogP contribution in [0.15, 0.2) is 42.5 Å². The molecule has 0 saturated carbocycles. The van der Waals surface area contributed by atoms with Gasteiger partial charge >= 0.3 is 0 Å². The lowest BCUT2D eigenvalue weighted by Crippen LogP contribution is -2.53. The molecule has 2 aromatic rings. The number of nitrogens with zero attached hydrogens (tertiary/aromatic N) is 1. The van der Waals surface area contributed by atoms with Crippen LogP contribution in [0.25, 0.3) is 0 Å². The molecule has 2 aliphatic heterocycles. The van der Waals surface area contributed by atoms with Crippen LogP contribution in [0.5, 0.6) is 5.75 Å². The summed E-state index contributed by atoms with van der Waals surface area (Å²) in [6.07, 6.45) is 4.16. The zero-order valence-corrected chi connectivity index (χ0v) is 22.6. The van der Waals surface area contributed by atoms with Crippen LogP contribution in [0.2, 0.25) is 0 Å². The number of hydrogen-bond acceptors (Lipinski definition) is 5. The first kappa shape index (κ1) is 28.5. The predicted octanol–water partition coefficient (Wildman–Crippen LogP) is 3.11. The van der Waals surface area contributed by atoms with E-state index < -0.39 is 11.5 Å². The molecule has 210 valence electrons.